The predicted molar refractivity (Wildman–Crippen MR) is 45.1 cm³/mol. The van der Waals surface area contributed by atoms with Gasteiger partial charge in [0, 0.05) is 0 Å². The fraction of sp³-hybridized carbons (Fsp3) is 0.200. The number of anilines is 1. The quantitative estimate of drug-likeness (QED) is 0.697. The van der Waals surface area contributed by atoms with E-state index in [0.717, 1.165) is 0 Å². The molecule has 0 spiro atoms. The minimum Gasteiger partial charge on any atom is -0.390 e. The number of nitrogen functional groups attached to an aromatic ring is 1. The number of nitrogens with two attached hydrogens (primary N) is 1. The van der Waals surface area contributed by atoms with E-state index in [-0.39, 0.29) is 6.61 Å². The Morgan fingerprint density at radius 2 is 2.40 bits per heavy atom. The Hall–Kier alpha value is -0.430. The largest absolute Gasteiger partial charge is 0.390 e. The number of hydrogen-bond donors (Lipinski definition) is 2. The molecule has 3 N–H and O–H groups in total. The summed E-state index contributed by atoms with van der Waals surface area (Å²) in [5.41, 5.74) is 5.92. The highest BCUT2D eigenvalue weighted by Gasteiger charge is 1.98. The molecular formula is C5H6IN3O. The summed E-state index contributed by atoms with van der Waals surface area (Å²) >= 11 is 1.96. The van der Waals surface area contributed by atoms with Crippen molar-refractivity contribution in [2.75, 3.05) is 5.73 Å². The molecule has 0 atom stereocenters. The van der Waals surface area contributed by atoms with Crippen molar-refractivity contribution in [3.63, 3.8) is 0 Å². The van der Waals surface area contributed by atoms with Crippen LogP contribution in [0.4, 0.5) is 5.82 Å². The van der Waals surface area contributed by atoms with E-state index in [1.54, 1.807) is 0 Å². The summed E-state index contributed by atoms with van der Waals surface area (Å²) in [6.07, 6.45) is 1.46. The van der Waals surface area contributed by atoms with Crippen molar-refractivity contribution >= 4 is 28.4 Å². The lowest BCUT2D eigenvalue weighted by Crippen LogP contribution is -2.00. The molecule has 0 saturated carbocycles. The van der Waals surface area contributed by atoms with Crippen LogP contribution < -0.4 is 5.73 Å². The first-order chi connectivity index (χ1) is 4.74. The molecular weight excluding hydrogens is 245 g/mol. The average Bonchev–Trinajstić information content (AvgIpc) is 1.95. The fourth-order valence-electron chi connectivity index (χ4n) is 0.486. The molecule has 0 saturated heterocycles. The van der Waals surface area contributed by atoms with Crippen molar-refractivity contribution in [3.8, 4) is 0 Å². The van der Waals surface area contributed by atoms with E-state index >= 15 is 0 Å². The van der Waals surface area contributed by atoms with Crippen molar-refractivity contribution in [2.45, 2.75) is 6.61 Å². The number of aliphatic hydroxyl groups is 1. The third-order valence-electron chi connectivity index (χ3n) is 0.968. The molecule has 0 unspecified atom stereocenters. The molecule has 1 rings (SSSR count). The summed E-state index contributed by atoms with van der Waals surface area (Å²) in [6.45, 7) is -0.0940. The van der Waals surface area contributed by atoms with Crippen molar-refractivity contribution in [2.24, 2.45) is 0 Å². The van der Waals surface area contributed by atoms with Crippen molar-refractivity contribution < 1.29 is 5.11 Å². The summed E-state index contributed by atoms with van der Waals surface area (Å²) in [6, 6.07) is 0. The topological polar surface area (TPSA) is 72.0 Å². The van der Waals surface area contributed by atoms with Crippen LogP contribution in [0.25, 0.3) is 0 Å². The summed E-state index contributed by atoms with van der Waals surface area (Å²) < 4.78 is 0.629. The van der Waals surface area contributed by atoms with E-state index < -0.39 is 0 Å². The molecule has 0 aromatic carbocycles. The van der Waals surface area contributed by atoms with Crippen LogP contribution in [-0.2, 0) is 6.61 Å². The van der Waals surface area contributed by atoms with Gasteiger partial charge in [0.05, 0.1) is 18.5 Å². The van der Waals surface area contributed by atoms with Crippen molar-refractivity contribution in [3.05, 3.63) is 15.6 Å². The number of nitrogens with zero attached hydrogens (tertiary/aromatic N) is 2. The summed E-state index contributed by atoms with van der Waals surface area (Å²) in [5.74, 6) is 0.401. The Morgan fingerprint density at radius 1 is 1.70 bits per heavy atom. The number of hydrogen-bond acceptors (Lipinski definition) is 4. The van der Waals surface area contributed by atoms with E-state index in [9.17, 15) is 0 Å². The first kappa shape index (κ1) is 7.67. The summed E-state index contributed by atoms with van der Waals surface area (Å²) in [4.78, 5) is 7.74. The van der Waals surface area contributed by atoms with Crippen LogP contribution in [0.3, 0.4) is 0 Å². The van der Waals surface area contributed by atoms with Gasteiger partial charge in [0.25, 0.3) is 0 Å². The van der Waals surface area contributed by atoms with Crippen LogP contribution >= 0.6 is 22.6 Å². The molecule has 1 aromatic heterocycles. The second-order valence-electron chi connectivity index (χ2n) is 1.70. The predicted octanol–water partition coefficient (Wildman–Crippen LogP) is 0.156. The monoisotopic (exact) mass is 251 g/mol. The molecule has 1 aromatic rings. The van der Waals surface area contributed by atoms with Gasteiger partial charge in [-0.2, -0.15) is 0 Å². The lowest BCUT2D eigenvalue weighted by Gasteiger charge is -1.97. The van der Waals surface area contributed by atoms with Crippen LogP contribution in [0.5, 0.6) is 0 Å². The zero-order chi connectivity index (χ0) is 7.56. The highest BCUT2D eigenvalue weighted by molar-refractivity contribution is 14.1. The second-order valence-corrected chi connectivity index (χ2v) is 2.72. The fourth-order valence-corrected chi connectivity index (χ4v) is 0.935. The normalized spacial score (nSPS) is 9.80. The van der Waals surface area contributed by atoms with Crippen LogP contribution in [-0.4, -0.2) is 15.1 Å². The standard InChI is InChI=1S/C5H6IN3O/c6-4-5(7)8-1-3(2-10)9-4/h1,10H,2H2,(H2,7,8). The maximum atomic E-state index is 8.61. The molecule has 0 amide bonds. The third kappa shape index (κ3) is 1.54. The SMILES string of the molecule is Nc1ncc(CO)nc1I. The van der Waals surface area contributed by atoms with Crippen molar-refractivity contribution in [1.29, 1.82) is 0 Å². The molecule has 5 heteroatoms. The Balaban J connectivity index is 3.04. The van der Waals surface area contributed by atoms with Crippen LogP contribution in [0, 0.1) is 3.70 Å². The van der Waals surface area contributed by atoms with Gasteiger partial charge in [-0.3, -0.25) is 0 Å². The van der Waals surface area contributed by atoms with Gasteiger partial charge in [0.15, 0.2) is 5.82 Å². The third-order valence-corrected chi connectivity index (χ3v) is 1.76. The Labute approximate surface area is 71.6 Å². The molecule has 0 fully saturated rings. The van der Waals surface area contributed by atoms with Gasteiger partial charge in [-0.25, -0.2) is 9.97 Å². The molecule has 1 heterocycles. The van der Waals surface area contributed by atoms with Gasteiger partial charge in [-0.15, -0.1) is 0 Å². The first-order valence-corrected chi connectivity index (χ1v) is 3.69. The van der Waals surface area contributed by atoms with Gasteiger partial charge >= 0.3 is 0 Å². The number of halogens is 1. The molecule has 0 aliphatic heterocycles. The molecule has 0 aliphatic rings. The van der Waals surface area contributed by atoms with E-state index in [1.807, 2.05) is 22.6 Å². The molecule has 10 heavy (non-hydrogen) atoms. The lowest BCUT2D eigenvalue weighted by molar-refractivity contribution is 0.276. The molecule has 54 valence electrons. The van der Waals surface area contributed by atoms with Crippen LogP contribution in [0.2, 0.25) is 0 Å². The Bertz CT molecular complexity index is 240. The highest BCUT2D eigenvalue weighted by atomic mass is 127. The number of rotatable bonds is 1. The minimum atomic E-state index is -0.0940. The molecule has 4 nitrogen and oxygen atoms in total. The Morgan fingerprint density at radius 3 is 2.90 bits per heavy atom. The number of aliphatic hydroxyl groups excluding tert-OH is 1. The average molecular weight is 251 g/mol. The lowest BCUT2D eigenvalue weighted by atomic mass is 10.5. The van der Waals surface area contributed by atoms with Crippen LogP contribution in [0.15, 0.2) is 6.20 Å². The molecule has 0 bridgehead atoms. The summed E-state index contributed by atoms with van der Waals surface area (Å²) in [5, 5.41) is 8.61. The van der Waals surface area contributed by atoms with Crippen LogP contribution in [0.1, 0.15) is 5.69 Å². The zero-order valence-electron chi connectivity index (χ0n) is 5.08. The minimum absolute atomic E-state index is 0.0940. The first-order valence-electron chi connectivity index (χ1n) is 2.62. The zero-order valence-corrected chi connectivity index (χ0v) is 7.24. The summed E-state index contributed by atoms with van der Waals surface area (Å²) in [7, 11) is 0. The maximum absolute atomic E-state index is 8.61. The van der Waals surface area contributed by atoms with Gasteiger partial charge in [0.1, 0.15) is 3.70 Å². The second kappa shape index (κ2) is 3.11. The van der Waals surface area contributed by atoms with E-state index in [0.29, 0.717) is 15.2 Å². The molecule has 0 radical (unpaired) electrons. The van der Waals surface area contributed by atoms with E-state index in [1.165, 1.54) is 6.20 Å². The molecule has 0 aliphatic carbocycles. The van der Waals surface area contributed by atoms with Gasteiger partial charge in [0.2, 0.25) is 0 Å². The number of aromatic nitrogens is 2. The van der Waals surface area contributed by atoms with Crippen molar-refractivity contribution in [1.82, 2.24) is 9.97 Å². The van der Waals surface area contributed by atoms with Gasteiger partial charge in [-0.05, 0) is 22.6 Å². The van der Waals surface area contributed by atoms with Gasteiger partial charge in [-0.1, -0.05) is 0 Å². The van der Waals surface area contributed by atoms with E-state index in [2.05, 4.69) is 9.97 Å². The highest BCUT2D eigenvalue weighted by Crippen LogP contribution is 2.07. The van der Waals surface area contributed by atoms with E-state index in [4.69, 9.17) is 10.8 Å². The van der Waals surface area contributed by atoms with Gasteiger partial charge < -0.3 is 10.8 Å². The maximum Gasteiger partial charge on any atom is 0.155 e. The smallest absolute Gasteiger partial charge is 0.155 e. The Kier molecular flexibility index (Phi) is 2.39.